The van der Waals surface area contributed by atoms with Crippen LogP contribution in [0.25, 0.3) is 20.7 Å². The molecule has 2 aliphatic carbocycles. The summed E-state index contributed by atoms with van der Waals surface area (Å²) in [5.74, 6) is -5.74. The average Bonchev–Trinajstić information content (AvgIpc) is 3.69. The van der Waals surface area contributed by atoms with Gasteiger partial charge in [0.05, 0.1) is 28.0 Å². The number of hydrogen-bond donors (Lipinski definition) is 2. The van der Waals surface area contributed by atoms with Gasteiger partial charge in [-0.2, -0.15) is 10.2 Å². The SMILES string of the molecule is Cc1c(-c2cc(N3C(=O)[C@@H]4C[C@@H]5C(=CC[C@@H]6C(=O)N(O)C(=O)[C@@H]65)[C@H](c5ccccc5O)[C@]4(C)C3=O)n(C)n2)sc2ccc(Cl)cc12. The van der Waals surface area contributed by atoms with E-state index in [-0.39, 0.29) is 23.7 Å². The Balaban J connectivity index is 1.26. The molecule has 0 unspecified atom stereocenters. The van der Waals surface area contributed by atoms with Crippen molar-refractivity contribution in [2.24, 2.45) is 36.1 Å². The van der Waals surface area contributed by atoms with Crippen LogP contribution in [-0.2, 0) is 26.2 Å². The van der Waals surface area contributed by atoms with Crippen molar-refractivity contribution in [2.75, 3.05) is 4.90 Å². The molecule has 6 atom stereocenters. The molecule has 4 aromatic rings. The molecule has 2 saturated heterocycles. The molecular formula is C34H29ClN4O6S. The van der Waals surface area contributed by atoms with Crippen LogP contribution in [0.3, 0.4) is 0 Å². The number of fused-ring (bicyclic) bond motifs is 5. The van der Waals surface area contributed by atoms with Gasteiger partial charge in [0.25, 0.3) is 11.8 Å². The Hall–Kier alpha value is -4.32. The van der Waals surface area contributed by atoms with Gasteiger partial charge >= 0.3 is 0 Å². The summed E-state index contributed by atoms with van der Waals surface area (Å²) in [6.45, 7) is 3.75. The Morgan fingerprint density at radius 1 is 1.02 bits per heavy atom. The van der Waals surface area contributed by atoms with Gasteiger partial charge in [-0.3, -0.25) is 29.1 Å². The number of anilines is 1. The van der Waals surface area contributed by atoms with Gasteiger partial charge in [0.15, 0.2) is 0 Å². The van der Waals surface area contributed by atoms with E-state index in [1.165, 1.54) is 15.6 Å². The number of aromatic hydroxyl groups is 1. The fourth-order valence-corrected chi connectivity index (χ4v) is 9.83. The van der Waals surface area contributed by atoms with Crippen molar-refractivity contribution < 1.29 is 29.5 Å². The van der Waals surface area contributed by atoms with Gasteiger partial charge in [-0.05, 0) is 67.8 Å². The minimum Gasteiger partial charge on any atom is -0.508 e. The number of para-hydroxylation sites is 1. The van der Waals surface area contributed by atoms with Crippen LogP contribution in [0.15, 0.2) is 60.2 Å². The minimum absolute atomic E-state index is 0.0318. The molecule has 4 amide bonds. The van der Waals surface area contributed by atoms with E-state index >= 15 is 0 Å². The number of benzene rings is 2. The number of imide groups is 2. The van der Waals surface area contributed by atoms with Gasteiger partial charge in [0, 0.05) is 34.3 Å². The molecule has 2 aromatic heterocycles. The summed E-state index contributed by atoms with van der Waals surface area (Å²) in [5.41, 5.74) is 1.49. The third-order valence-corrected chi connectivity index (χ3v) is 12.2. The first-order valence-electron chi connectivity index (χ1n) is 15.1. The number of aryl methyl sites for hydroxylation is 2. The van der Waals surface area contributed by atoms with E-state index in [1.54, 1.807) is 49.6 Å². The summed E-state index contributed by atoms with van der Waals surface area (Å²) in [4.78, 5) is 57.3. The van der Waals surface area contributed by atoms with Crippen molar-refractivity contribution in [3.63, 3.8) is 0 Å². The zero-order valence-corrected chi connectivity index (χ0v) is 26.7. The minimum atomic E-state index is -1.32. The Bertz CT molecular complexity index is 2080. The smallest absolute Gasteiger partial charge is 0.257 e. The highest BCUT2D eigenvalue weighted by molar-refractivity contribution is 7.22. The van der Waals surface area contributed by atoms with E-state index in [0.717, 1.165) is 26.1 Å². The van der Waals surface area contributed by atoms with Crippen LogP contribution in [0.5, 0.6) is 5.75 Å². The van der Waals surface area contributed by atoms with Crippen molar-refractivity contribution in [1.29, 1.82) is 0 Å². The molecule has 0 bridgehead atoms. The fraction of sp³-hybridized carbons (Fsp3) is 0.324. The molecule has 2 aromatic carbocycles. The van der Waals surface area contributed by atoms with Gasteiger partial charge < -0.3 is 5.11 Å². The molecular weight excluding hydrogens is 628 g/mol. The van der Waals surface area contributed by atoms with Crippen LogP contribution in [0.1, 0.15) is 36.8 Å². The molecule has 10 nitrogen and oxygen atoms in total. The Labute approximate surface area is 272 Å². The van der Waals surface area contributed by atoms with E-state index in [2.05, 4.69) is 0 Å². The molecule has 12 heteroatoms. The topological polar surface area (TPSA) is 133 Å². The van der Waals surface area contributed by atoms with Crippen LogP contribution >= 0.6 is 22.9 Å². The van der Waals surface area contributed by atoms with Gasteiger partial charge in [-0.1, -0.05) is 41.4 Å². The maximum absolute atomic E-state index is 14.8. The highest BCUT2D eigenvalue weighted by atomic mass is 35.5. The van der Waals surface area contributed by atoms with Gasteiger partial charge in [-0.15, -0.1) is 11.3 Å². The number of carbonyl (C=O) groups is 4. The lowest BCUT2D eigenvalue weighted by Crippen LogP contribution is -2.48. The van der Waals surface area contributed by atoms with E-state index in [9.17, 15) is 29.5 Å². The molecule has 4 heterocycles. The van der Waals surface area contributed by atoms with Crippen molar-refractivity contribution in [3.8, 4) is 16.3 Å². The number of halogens is 1. The highest BCUT2D eigenvalue weighted by Crippen LogP contribution is 2.64. The molecule has 0 radical (unpaired) electrons. The van der Waals surface area contributed by atoms with Crippen molar-refractivity contribution in [1.82, 2.24) is 14.8 Å². The molecule has 3 fully saturated rings. The van der Waals surface area contributed by atoms with Crippen LogP contribution < -0.4 is 4.90 Å². The second-order valence-electron chi connectivity index (χ2n) is 12.9. The van der Waals surface area contributed by atoms with E-state index < -0.39 is 58.6 Å². The Morgan fingerprint density at radius 3 is 2.54 bits per heavy atom. The monoisotopic (exact) mass is 656 g/mol. The zero-order valence-electron chi connectivity index (χ0n) is 25.1. The lowest BCUT2D eigenvalue weighted by Gasteiger charge is -2.49. The quantitative estimate of drug-likeness (QED) is 0.167. The first kappa shape index (κ1) is 29.1. The number of hydrogen-bond acceptors (Lipinski definition) is 8. The zero-order chi connectivity index (χ0) is 32.4. The molecule has 46 heavy (non-hydrogen) atoms. The molecule has 8 rings (SSSR count). The normalized spacial score (nSPS) is 29.0. The summed E-state index contributed by atoms with van der Waals surface area (Å²) < 4.78 is 2.57. The standard InChI is InChI=1S/C34H29ClN4O6S/c1-15-20-12-16(35)8-11-25(20)46-29(15)23-14-26(37(3)36-23)38-31(42)22-13-21-17(9-10-19-27(21)32(43)39(45)30(19)41)28(34(22,2)33(38)44)18-6-4-5-7-24(18)40/h4-9,11-12,14,19,21-22,27-28,40,45H,10,13H2,1-3H3/t19-,21+,22-,27-,28+,34+/m0/s1. The second kappa shape index (κ2) is 9.84. The summed E-state index contributed by atoms with van der Waals surface area (Å²) in [6.07, 6.45) is 2.22. The molecule has 1 saturated carbocycles. The molecule has 0 spiro atoms. The number of allylic oxidation sites excluding steroid dienone is 2. The van der Waals surface area contributed by atoms with Crippen LogP contribution in [0.2, 0.25) is 5.02 Å². The molecule has 234 valence electrons. The maximum atomic E-state index is 14.8. The second-order valence-corrected chi connectivity index (χ2v) is 14.4. The molecule has 4 aliphatic rings. The number of rotatable bonds is 3. The number of thiophene rings is 1. The number of phenolic OH excluding ortho intramolecular Hbond substituents is 1. The predicted molar refractivity (Wildman–Crippen MR) is 170 cm³/mol. The Morgan fingerprint density at radius 2 is 1.78 bits per heavy atom. The largest absolute Gasteiger partial charge is 0.508 e. The predicted octanol–water partition coefficient (Wildman–Crippen LogP) is 5.59. The first-order valence-corrected chi connectivity index (χ1v) is 16.3. The number of amides is 4. The number of carbonyl (C=O) groups excluding carboxylic acids is 4. The number of phenols is 1. The lowest BCUT2D eigenvalue weighted by atomic mass is 9.51. The van der Waals surface area contributed by atoms with Crippen molar-refractivity contribution >= 4 is 62.5 Å². The average molecular weight is 657 g/mol. The number of nitrogens with zero attached hydrogens (tertiary/aromatic N) is 4. The van der Waals surface area contributed by atoms with Crippen LogP contribution in [0, 0.1) is 36.0 Å². The lowest BCUT2D eigenvalue weighted by molar-refractivity contribution is -0.173. The first-order chi connectivity index (χ1) is 21.9. The van der Waals surface area contributed by atoms with E-state index in [4.69, 9.17) is 16.7 Å². The van der Waals surface area contributed by atoms with Crippen molar-refractivity contribution in [2.45, 2.75) is 32.6 Å². The summed E-state index contributed by atoms with van der Waals surface area (Å²) in [6, 6.07) is 14.2. The van der Waals surface area contributed by atoms with E-state index in [0.29, 0.717) is 22.1 Å². The molecule has 2 N–H and O–H groups in total. The van der Waals surface area contributed by atoms with E-state index in [1.807, 2.05) is 31.2 Å². The number of hydroxylamine groups is 2. The third kappa shape index (κ3) is 3.70. The molecule has 2 aliphatic heterocycles. The summed E-state index contributed by atoms with van der Waals surface area (Å²) in [5, 5.41) is 27.9. The van der Waals surface area contributed by atoms with Gasteiger partial charge in [0.2, 0.25) is 11.8 Å². The third-order valence-electron chi connectivity index (χ3n) is 10.7. The Kier molecular flexibility index (Phi) is 6.23. The number of aromatic nitrogens is 2. The van der Waals surface area contributed by atoms with Gasteiger partial charge in [0.1, 0.15) is 17.3 Å². The fourth-order valence-electron chi connectivity index (χ4n) is 8.51. The van der Waals surface area contributed by atoms with Crippen LogP contribution in [0.4, 0.5) is 5.82 Å². The summed E-state index contributed by atoms with van der Waals surface area (Å²) in [7, 11) is 1.69. The summed E-state index contributed by atoms with van der Waals surface area (Å²) >= 11 is 7.81. The maximum Gasteiger partial charge on any atom is 0.257 e. The van der Waals surface area contributed by atoms with Crippen molar-refractivity contribution in [3.05, 3.63) is 76.3 Å². The van der Waals surface area contributed by atoms with Crippen LogP contribution in [-0.4, -0.2) is 48.8 Å². The highest BCUT2D eigenvalue weighted by Gasteiger charge is 2.68. The van der Waals surface area contributed by atoms with Gasteiger partial charge in [-0.25, -0.2) is 4.90 Å².